The first-order valence-electron chi connectivity index (χ1n) is 2.36. The molecule has 0 amide bonds. The topological polar surface area (TPSA) is 57.5 Å². The average molecular weight is 407 g/mol. The molecule has 0 saturated heterocycles. The zero-order chi connectivity index (χ0) is 7.44. The molecule has 0 aliphatic rings. The Hall–Kier alpha value is 1.84. The fourth-order valence-corrected chi connectivity index (χ4v) is 2.36. The van der Waals surface area contributed by atoms with Crippen LogP contribution < -0.4 is 5.73 Å². The van der Waals surface area contributed by atoms with Crippen LogP contribution in [0.1, 0.15) is 0 Å². The number of alkyl halides is 4. The van der Waals surface area contributed by atoms with E-state index in [-0.39, 0.29) is 9.21 Å². The first kappa shape index (κ1) is 14.4. The summed E-state index contributed by atoms with van der Waals surface area (Å²) in [5, 5.41) is 0. The largest absolute Gasteiger partial charge is 0.412 e. The van der Waals surface area contributed by atoms with E-state index in [9.17, 15) is 0 Å². The molecule has 0 aromatic carbocycles. The van der Waals surface area contributed by atoms with Gasteiger partial charge in [-0.3, -0.25) is 0 Å². The zero-order valence-corrected chi connectivity index (χ0v) is 11.4. The second kappa shape index (κ2) is 7.49. The minimum Gasteiger partial charge on any atom is -0.412 e. The molecule has 0 saturated carbocycles. The standard InChI is InChI=1S/C4H7Br4N.H2O/c5-2(1-9)3(6)4(7)8;/h2-4H,1,9H2;1H2. The highest BCUT2D eigenvalue weighted by atomic mass is 79.9. The molecule has 0 aromatic rings. The number of nitrogens with two attached hydrogens (primary N) is 1. The third kappa shape index (κ3) is 5.49. The molecule has 0 heterocycles. The zero-order valence-electron chi connectivity index (χ0n) is 5.03. The van der Waals surface area contributed by atoms with Crippen molar-refractivity contribution < 1.29 is 5.48 Å². The predicted molar refractivity (Wildman–Crippen MR) is 59.7 cm³/mol. The van der Waals surface area contributed by atoms with E-state index < -0.39 is 0 Å². The summed E-state index contributed by atoms with van der Waals surface area (Å²) in [4.78, 5) is 0.628. The van der Waals surface area contributed by atoms with Gasteiger partial charge >= 0.3 is 0 Å². The van der Waals surface area contributed by atoms with E-state index in [2.05, 4.69) is 63.7 Å². The van der Waals surface area contributed by atoms with Gasteiger partial charge in [0.05, 0.1) is 8.56 Å². The van der Waals surface area contributed by atoms with E-state index >= 15 is 0 Å². The Morgan fingerprint density at radius 3 is 1.60 bits per heavy atom. The van der Waals surface area contributed by atoms with Crippen molar-refractivity contribution in [2.45, 2.75) is 13.4 Å². The molecular formula is C4H9Br4NO. The summed E-state index contributed by atoms with van der Waals surface area (Å²) in [6, 6.07) is 0. The van der Waals surface area contributed by atoms with Crippen molar-refractivity contribution in [3.05, 3.63) is 0 Å². The van der Waals surface area contributed by atoms with Gasteiger partial charge in [0.15, 0.2) is 0 Å². The van der Waals surface area contributed by atoms with Gasteiger partial charge in [0, 0.05) is 11.4 Å². The molecule has 0 spiro atoms. The predicted octanol–water partition coefficient (Wildman–Crippen LogP) is 1.76. The Morgan fingerprint density at radius 1 is 1.10 bits per heavy atom. The van der Waals surface area contributed by atoms with Crippen molar-refractivity contribution in [2.24, 2.45) is 5.73 Å². The van der Waals surface area contributed by atoms with Crippen LogP contribution in [0.15, 0.2) is 0 Å². The van der Waals surface area contributed by atoms with Gasteiger partial charge < -0.3 is 11.2 Å². The lowest BCUT2D eigenvalue weighted by atomic mass is 10.3. The van der Waals surface area contributed by atoms with Crippen molar-refractivity contribution in [1.29, 1.82) is 0 Å². The quantitative estimate of drug-likeness (QED) is 0.714. The van der Waals surface area contributed by atoms with Crippen molar-refractivity contribution in [3.63, 3.8) is 0 Å². The molecule has 64 valence electrons. The molecular weight excluding hydrogens is 398 g/mol. The minimum absolute atomic E-state index is 0. The van der Waals surface area contributed by atoms with Gasteiger partial charge in [-0.25, -0.2) is 0 Å². The second-order valence-electron chi connectivity index (χ2n) is 1.53. The summed E-state index contributed by atoms with van der Waals surface area (Å²) < 4.78 is 0.262. The van der Waals surface area contributed by atoms with Gasteiger partial charge in [-0.1, -0.05) is 63.7 Å². The average Bonchev–Trinajstić information content (AvgIpc) is 1.84. The number of rotatable bonds is 3. The molecule has 0 radical (unpaired) electrons. The lowest BCUT2D eigenvalue weighted by Gasteiger charge is -2.15. The molecule has 6 heteroatoms. The van der Waals surface area contributed by atoms with Crippen LogP contribution in [0.5, 0.6) is 0 Å². The highest BCUT2D eigenvalue weighted by molar-refractivity contribution is 9.25. The summed E-state index contributed by atoms with van der Waals surface area (Å²) in [6.07, 6.45) is 0. The van der Waals surface area contributed by atoms with Crippen LogP contribution in [0.4, 0.5) is 0 Å². The second-order valence-corrected chi connectivity index (χ2v) is 6.97. The third-order valence-electron chi connectivity index (χ3n) is 0.811. The normalized spacial score (nSPS) is 16.2. The van der Waals surface area contributed by atoms with Crippen LogP contribution in [0.25, 0.3) is 0 Å². The monoisotopic (exact) mass is 403 g/mol. The van der Waals surface area contributed by atoms with E-state index in [1.54, 1.807) is 0 Å². The smallest absolute Gasteiger partial charge is 0.0833 e. The van der Waals surface area contributed by atoms with Gasteiger partial charge in [-0.15, -0.1) is 0 Å². The van der Waals surface area contributed by atoms with Crippen molar-refractivity contribution in [1.82, 2.24) is 0 Å². The van der Waals surface area contributed by atoms with Gasteiger partial charge in [0.25, 0.3) is 0 Å². The lowest BCUT2D eigenvalue weighted by Crippen LogP contribution is -2.27. The molecule has 0 aliphatic heterocycles. The summed E-state index contributed by atoms with van der Waals surface area (Å²) in [7, 11) is 0. The van der Waals surface area contributed by atoms with E-state index in [1.807, 2.05) is 0 Å². The Morgan fingerprint density at radius 2 is 1.50 bits per heavy atom. The van der Waals surface area contributed by atoms with Gasteiger partial charge in [0.2, 0.25) is 0 Å². The Kier molecular flexibility index (Phi) is 10.8. The van der Waals surface area contributed by atoms with E-state index in [1.165, 1.54) is 0 Å². The Bertz CT molecular complexity index is 81.7. The number of hydrogen-bond donors (Lipinski definition) is 1. The highest BCUT2D eigenvalue weighted by Crippen LogP contribution is 2.26. The number of halogens is 4. The van der Waals surface area contributed by atoms with E-state index in [0.29, 0.717) is 16.2 Å². The third-order valence-corrected chi connectivity index (χ3v) is 6.19. The summed E-state index contributed by atoms with van der Waals surface area (Å²) in [6.45, 7) is 0.629. The maximum atomic E-state index is 5.39. The summed E-state index contributed by atoms with van der Waals surface area (Å²) in [5.41, 5.74) is 5.39. The van der Waals surface area contributed by atoms with Gasteiger partial charge in [-0.05, 0) is 0 Å². The van der Waals surface area contributed by atoms with Crippen LogP contribution in [0.3, 0.4) is 0 Å². The molecule has 2 atom stereocenters. The SMILES string of the molecule is NCC(Br)C(Br)C(Br)Br.O. The fraction of sp³-hybridized carbons (Fsp3) is 1.00. The first-order valence-corrected chi connectivity index (χ1v) is 6.02. The van der Waals surface area contributed by atoms with Crippen LogP contribution in [0.2, 0.25) is 0 Å². The van der Waals surface area contributed by atoms with E-state index in [4.69, 9.17) is 5.73 Å². The molecule has 10 heavy (non-hydrogen) atoms. The molecule has 2 unspecified atom stereocenters. The molecule has 0 aliphatic carbocycles. The molecule has 2 nitrogen and oxygen atoms in total. The Labute approximate surface area is 94.1 Å². The van der Waals surface area contributed by atoms with Crippen molar-refractivity contribution >= 4 is 63.7 Å². The van der Waals surface area contributed by atoms with Crippen molar-refractivity contribution in [3.8, 4) is 0 Å². The first-order chi connectivity index (χ1) is 4.09. The molecule has 4 N–H and O–H groups in total. The lowest BCUT2D eigenvalue weighted by molar-refractivity contribution is 0.824. The highest BCUT2D eigenvalue weighted by Gasteiger charge is 2.19. The van der Waals surface area contributed by atoms with Crippen LogP contribution in [0, 0.1) is 0 Å². The van der Waals surface area contributed by atoms with Crippen LogP contribution >= 0.6 is 63.7 Å². The van der Waals surface area contributed by atoms with E-state index in [0.717, 1.165) is 0 Å². The molecule has 0 bridgehead atoms. The minimum atomic E-state index is 0. The number of hydrogen-bond acceptors (Lipinski definition) is 1. The fourth-order valence-electron chi connectivity index (χ4n) is 0.288. The summed E-state index contributed by atoms with van der Waals surface area (Å²) in [5.74, 6) is 0. The van der Waals surface area contributed by atoms with Gasteiger partial charge in [0.1, 0.15) is 0 Å². The van der Waals surface area contributed by atoms with Crippen molar-refractivity contribution in [2.75, 3.05) is 6.54 Å². The maximum Gasteiger partial charge on any atom is 0.0833 e. The maximum absolute atomic E-state index is 5.39. The van der Waals surface area contributed by atoms with Crippen LogP contribution in [-0.4, -0.2) is 25.4 Å². The molecule has 0 aromatic heterocycles. The summed E-state index contributed by atoms with van der Waals surface area (Å²) >= 11 is 13.6. The molecule has 0 rings (SSSR count). The molecule has 0 fully saturated rings. The van der Waals surface area contributed by atoms with Gasteiger partial charge in [-0.2, -0.15) is 0 Å². The van der Waals surface area contributed by atoms with Crippen LogP contribution in [-0.2, 0) is 0 Å². The Balaban J connectivity index is 0.